The lowest BCUT2D eigenvalue weighted by Gasteiger charge is -2.33. The number of fused-ring (bicyclic) bond motifs is 2. The van der Waals surface area contributed by atoms with Gasteiger partial charge in [-0.3, -0.25) is 0 Å². The van der Waals surface area contributed by atoms with E-state index in [1.54, 1.807) is 0 Å². The lowest BCUT2D eigenvalue weighted by atomic mass is 9.72. The van der Waals surface area contributed by atoms with Crippen LogP contribution in [0.4, 0.5) is 0 Å². The van der Waals surface area contributed by atoms with E-state index in [0.717, 1.165) is 24.0 Å². The van der Waals surface area contributed by atoms with Crippen LogP contribution in [0.1, 0.15) is 12.8 Å². The molecule has 0 N–H and O–H groups in total. The molecular weight excluding hydrogens is 240 g/mol. The average Bonchev–Trinajstić information content (AvgIpc) is 2.23. The van der Waals surface area contributed by atoms with Gasteiger partial charge in [-0.1, -0.05) is 28.1 Å². The highest BCUT2D eigenvalue weighted by Gasteiger charge is 2.34. The van der Waals surface area contributed by atoms with Gasteiger partial charge in [-0.15, -0.1) is 0 Å². The summed E-state index contributed by atoms with van der Waals surface area (Å²) in [4.78, 5) is 0.152. The molecule has 3 atom stereocenters. The van der Waals surface area contributed by atoms with Crippen LogP contribution in [0.15, 0.2) is 23.3 Å². The lowest BCUT2D eigenvalue weighted by Crippen LogP contribution is -2.28. The van der Waals surface area contributed by atoms with Gasteiger partial charge in [0.05, 0.1) is 12.1 Å². The van der Waals surface area contributed by atoms with E-state index >= 15 is 0 Å². The molecule has 0 aliphatic heterocycles. The number of alkyl halides is 1. The molecule has 0 spiro atoms. The molecule has 0 amide bonds. The highest BCUT2D eigenvalue weighted by Crippen LogP contribution is 2.42. The Balaban J connectivity index is 2.35. The van der Waals surface area contributed by atoms with Crippen LogP contribution in [-0.4, -0.2) is 4.83 Å². The molecule has 0 aromatic carbocycles. The molecule has 0 aromatic rings. The summed E-state index contributed by atoms with van der Waals surface area (Å²) < 4.78 is 0. The zero-order chi connectivity index (χ0) is 10.1. The molecule has 0 radical (unpaired) electrons. The number of allylic oxidation sites excluding steroid dienone is 4. The summed E-state index contributed by atoms with van der Waals surface area (Å²) in [5.74, 6) is 0.617. The fourth-order valence-corrected chi connectivity index (χ4v) is 2.97. The van der Waals surface area contributed by atoms with Crippen LogP contribution >= 0.6 is 15.9 Å². The SMILES string of the molecule is N#CC1=C[C@H](Br)[C@@H]2C[C@H]1CC=C2C#N. The van der Waals surface area contributed by atoms with E-state index in [-0.39, 0.29) is 10.7 Å². The quantitative estimate of drug-likeness (QED) is 0.619. The number of nitrogens with zero attached hydrogens (tertiary/aromatic N) is 2. The molecule has 0 aromatic heterocycles. The van der Waals surface area contributed by atoms with E-state index in [2.05, 4.69) is 28.1 Å². The average molecular weight is 249 g/mol. The minimum atomic E-state index is 0.152. The number of nitriles is 2. The van der Waals surface area contributed by atoms with Gasteiger partial charge < -0.3 is 0 Å². The van der Waals surface area contributed by atoms with Crippen molar-refractivity contribution in [2.45, 2.75) is 17.7 Å². The van der Waals surface area contributed by atoms with Gasteiger partial charge in [-0.25, -0.2) is 0 Å². The van der Waals surface area contributed by atoms with Gasteiger partial charge in [0.2, 0.25) is 0 Å². The Hall–Kier alpha value is -1.06. The van der Waals surface area contributed by atoms with Crippen molar-refractivity contribution in [3.63, 3.8) is 0 Å². The molecule has 2 rings (SSSR count). The van der Waals surface area contributed by atoms with E-state index in [4.69, 9.17) is 10.5 Å². The zero-order valence-corrected chi connectivity index (χ0v) is 9.16. The maximum Gasteiger partial charge on any atom is 0.0947 e. The van der Waals surface area contributed by atoms with Gasteiger partial charge in [-0.2, -0.15) is 10.5 Å². The predicted octanol–water partition coefficient (Wildman–Crippen LogP) is 2.69. The first-order valence-corrected chi connectivity index (χ1v) is 5.54. The van der Waals surface area contributed by atoms with E-state index in [1.165, 1.54) is 0 Å². The Morgan fingerprint density at radius 3 is 2.64 bits per heavy atom. The highest BCUT2D eigenvalue weighted by molar-refractivity contribution is 9.09. The lowest BCUT2D eigenvalue weighted by molar-refractivity contribution is 0.427. The number of halogens is 1. The molecule has 3 heteroatoms. The van der Waals surface area contributed by atoms with Crippen molar-refractivity contribution in [3.8, 4) is 12.1 Å². The van der Waals surface area contributed by atoms with Crippen LogP contribution in [0.3, 0.4) is 0 Å². The molecule has 0 fully saturated rings. The van der Waals surface area contributed by atoms with E-state index in [9.17, 15) is 0 Å². The molecule has 0 heterocycles. The van der Waals surface area contributed by atoms with Crippen LogP contribution in [0, 0.1) is 34.5 Å². The number of hydrogen-bond donors (Lipinski definition) is 0. The van der Waals surface area contributed by atoms with Gasteiger partial charge in [0.1, 0.15) is 0 Å². The summed E-state index contributed by atoms with van der Waals surface area (Å²) >= 11 is 3.52. The zero-order valence-electron chi connectivity index (χ0n) is 7.57. The van der Waals surface area contributed by atoms with Gasteiger partial charge in [-0.05, 0) is 18.8 Å². The molecule has 0 saturated heterocycles. The molecule has 0 unspecified atom stereocenters. The first kappa shape index (κ1) is 9.49. The van der Waals surface area contributed by atoms with Crippen molar-refractivity contribution in [2.24, 2.45) is 11.8 Å². The molecule has 2 aliphatic carbocycles. The van der Waals surface area contributed by atoms with Crippen molar-refractivity contribution >= 4 is 15.9 Å². The van der Waals surface area contributed by atoms with E-state index in [0.29, 0.717) is 5.92 Å². The molecular formula is C11H9BrN2. The van der Waals surface area contributed by atoms with Gasteiger partial charge >= 0.3 is 0 Å². The highest BCUT2D eigenvalue weighted by atomic mass is 79.9. The van der Waals surface area contributed by atoms with Gasteiger partial charge in [0.15, 0.2) is 0 Å². The Labute approximate surface area is 91.7 Å². The Kier molecular flexibility index (Phi) is 2.44. The van der Waals surface area contributed by atoms with E-state index in [1.807, 2.05) is 12.2 Å². The standard InChI is InChI=1S/C11H9BrN2/c12-11-4-9(6-14)7-1-2-8(5-13)10(11)3-7/h2,4,7,10-11H,1,3H2/t7-,10-,11+/m1/s1. The summed E-state index contributed by atoms with van der Waals surface area (Å²) in [5.41, 5.74) is 1.74. The first-order valence-electron chi connectivity index (χ1n) is 4.62. The third kappa shape index (κ3) is 1.38. The fourth-order valence-electron chi connectivity index (χ4n) is 2.19. The number of rotatable bonds is 0. The van der Waals surface area contributed by atoms with Crippen molar-refractivity contribution in [1.82, 2.24) is 0 Å². The normalized spacial score (nSPS) is 34.9. The summed E-state index contributed by atoms with van der Waals surface area (Å²) in [6.45, 7) is 0. The Morgan fingerprint density at radius 1 is 1.29 bits per heavy atom. The van der Waals surface area contributed by atoms with Crippen LogP contribution in [0.25, 0.3) is 0 Å². The monoisotopic (exact) mass is 248 g/mol. The molecule has 2 bridgehead atoms. The number of hydrogen-bond acceptors (Lipinski definition) is 2. The minimum absolute atomic E-state index is 0.152. The molecule has 14 heavy (non-hydrogen) atoms. The van der Waals surface area contributed by atoms with Crippen LogP contribution in [0.5, 0.6) is 0 Å². The minimum Gasteiger partial charge on any atom is -0.193 e. The van der Waals surface area contributed by atoms with E-state index < -0.39 is 0 Å². The smallest absolute Gasteiger partial charge is 0.0947 e. The summed E-state index contributed by atoms with van der Waals surface area (Å²) in [6, 6.07) is 4.48. The van der Waals surface area contributed by atoms with Crippen LogP contribution in [-0.2, 0) is 0 Å². The second kappa shape index (κ2) is 3.59. The molecule has 2 nitrogen and oxygen atoms in total. The molecule has 0 saturated carbocycles. The van der Waals surface area contributed by atoms with Crippen molar-refractivity contribution < 1.29 is 0 Å². The van der Waals surface area contributed by atoms with Crippen molar-refractivity contribution in [1.29, 1.82) is 10.5 Å². The second-order valence-corrected chi connectivity index (χ2v) is 4.78. The van der Waals surface area contributed by atoms with Crippen LogP contribution < -0.4 is 0 Å². The molecule has 70 valence electrons. The fraction of sp³-hybridized carbons (Fsp3) is 0.455. The second-order valence-electron chi connectivity index (χ2n) is 3.72. The van der Waals surface area contributed by atoms with Gasteiger partial charge in [0, 0.05) is 21.9 Å². The van der Waals surface area contributed by atoms with Crippen LogP contribution in [0.2, 0.25) is 0 Å². The third-order valence-corrected chi connectivity index (χ3v) is 3.88. The van der Waals surface area contributed by atoms with Crippen molar-refractivity contribution in [2.75, 3.05) is 0 Å². The molecule has 2 aliphatic rings. The largest absolute Gasteiger partial charge is 0.193 e. The Morgan fingerprint density at radius 2 is 2.00 bits per heavy atom. The first-order chi connectivity index (χ1) is 6.76. The third-order valence-electron chi connectivity index (χ3n) is 2.98. The van der Waals surface area contributed by atoms with Crippen molar-refractivity contribution in [3.05, 3.63) is 23.3 Å². The summed E-state index contributed by atoms with van der Waals surface area (Å²) in [5, 5.41) is 17.8. The maximum absolute atomic E-state index is 8.92. The Bertz CT molecular complexity index is 394. The predicted molar refractivity (Wildman–Crippen MR) is 56.3 cm³/mol. The summed E-state index contributed by atoms with van der Waals surface area (Å²) in [7, 11) is 0. The topological polar surface area (TPSA) is 47.6 Å². The maximum atomic E-state index is 8.92. The summed E-state index contributed by atoms with van der Waals surface area (Å²) in [6.07, 6.45) is 5.73. The van der Waals surface area contributed by atoms with Gasteiger partial charge in [0.25, 0.3) is 0 Å².